The van der Waals surface area contributed by atoms with E-state index in [1.807, 2.05) is 67.6 Å². The van der Waals surface area contributed by atoms with Crippen LogP contribution in [0.4, 0.5) is 0 Å². The van der Waals surface area contributed by atoms with E-state index in [0.29, 0.717) is 41.8 Å². The summed E-state index contributed by atoms with van der Waals surface area (Å²) in [5, 5.41) is 14.2. The first-order valence-electron chi connectivity index (χ1n) is 9.57. The molecule has 0 radical (unpaired) electrons. The van der Waals surface area contributed by atoms with E-state index in [0.717, 1.165) is 16.7 Å². The molecule has 0 aliphatic carbocycles. The second-order valence-corrected chi connectivity index (χ2v) is 6.85. The molecule has 0 fully saturated rings. The van der Waals surface area contributed by atoms with Crippen LogP contribution in [0.25, 0.3) is 0 Å². The zero-order valence-electron chi connectivity index (χ0n) is 16.6. The van der Waals surface area contributed by atoms with Crippen molar-refractivity contribution in [2.75, 3.05) is 6.61 Å². The Morgan fingerprint density at radius 2 is 1.83 bits per heavy atom. The smallest absolute Gasteiger partial charge is 0.161 e. The maximum Gasteiger partial charge on any atom is 0.161 e. The predicted molar refractivity (Wildman–Crippen MR) is 119 cm³/mol. The first-order valence-corrected chi connectivity index (χ1v) is 9.95. The lowest BCUT2D eigenvalue weighted by Gasteiger charge is -2.13. The zero-order chi connectivity index (χ0) is 21.2. The molecule has 3 aromatic rings. The summed E-state index contributed by atoms with van der Waals surface area (Å²) >= 11 is 5.89. The standard InChI is InChI=1S/C24H22ClN3O2/c1-2-29-24-13-19(16-28-27-15-18-7-10-22(25)11-8-18)9-12-23(24)30-17-21-6-4-3-5-20(21)14-26/h3-13,16,27H,2,15,17H2,1H3/b28-16-. The van der Waals surface area contributed by atoms with Gasteiger partial charge in [-0.1, -0.05) is 41.9 Å². The first kappa shape index (κ1) is 21.2. The Morgan fingerprint density at radius 3 is 2.60 bits per heavy atom. The molecule has 0 atom stereocenters. The van der Waals surface area contributed by atoms with Crippen molar-refractivity contribution < 1.29 is 9.47 Å². The van der Waals surface area contributed by atoms with E-state index in [2.05, 4.69) is 16.6 Å². The van der Waals surface area contributed by atoms with Crippen LogP contribution in [0, 0.1) is 11.3 Å². The molecule has 0 saturated carbocycles. The molecular formula is C24H22ClN3O2. The molecule has 0 aromatic heterocycles. The maximum absolute atomic E-state index is 9.22. The van der Waals surface area contributed by atoms with Crippen molar-refractivity contribution in [1.29, 1.82) is 5.26 Å². The molecular weight excluding hydrogens is 398 g/mol. The van der Waals surface area contributed by atoms with Gasteiger partial charge >= 0.3 is 0 Å². The number of rotatable bonds is 9. The molecule has 0 aliphatic rings. The third kappa shape index (κ3) is 6.00. The van der Waals surface area contributed by atoms with E-state index in [1.165, 1.54) is 0 Å². The maximum atomic E-state index is 9.22. The largest absolute Gasteiger partial charge is 0.490 e. The molecule has 6 heteroatoms. The third-order valence-electron chi connectivity index (χ3n) is 4.29. The molecule has 0 spiro atoms. The number of nitrogens with one attached hydrogen (secondary N) is 1. The van der Waals surface area contributed by atoms with Crippen molar-refractivity contribution in [1.82, 2.24) is 5.43 Å². The fourth-order valence-electron chi connectivity index (χ4n) is 2.76. The number of halogens is 1. The lowest BCUT2D eigenvalue weighted by molar-refractivity contribution is 0.269. The van der Waals surface area contributed by atoms with E-state index in [1.54, 1.807) is 12.3 Å². The topological polar surface area (TPSA) is 66.6 Å². The van der Waals surface area contributed by atoms with Gasteiger partial charge in [-0.3, -0.25) is 0 Å². The molecule has 3 aromatic carbocycles. The Balaban J connectivity index is 1.63. The minimum atomic E-state index is 0.292. The van der Waals surface area contributed by atoms with E-state index in [4.69, 9.17) is 21.1 Å². The summed E-state index contributed by atoms with van der Waals surface area (Å²) in [4.78, 5) is 0. The highest BCUT2D eigenvalue weighted by atomic mass is 35.5. The highest BCUT2D eigenvalue weighted by molar-refractivity contribution is 6.30. The Morgan fingerprint density at radius 1 is 1.03 bits per heavy atom. The average Bonchev–Trinajstić information content (AvgIpc) is 2.78. The van der Waals surface area contributed by atoms with Crippen molar-refractivity contribution in [3.63, 3.8) is 0 Å². The van der Waals surface area contributed by atoms with E-state index in [9.17, 15) is 5.26 Å². The van der Waals surface area contributed by atoms with Crippen molar-refractivity contribution >= 4 is 17.8 Å². The van der Waals surface area contributed by atoms with Crippen LogP contribution < -0.4 is 14.9 Å². The summed E-state index contributed by atoms with van der Waals surface area (Å²) in [6.45, 7) is 3.33. The number of benzene rings is 3. The third-order valence-corrected chi connectivity index (χ3v) is 4.54. The predicted octanol–water partition coefficient (Wildman–Crippen LogP) is 5.31. The SMILES string of the molecule is CCOc1cc(/C=N\NCc2ccc(Cl)cc2)ccc1OCc1ccccc1C#N. The van der Waals surface area contributed by atoms with Gasteiger partial charge < -0.3 is 14.9 Å². The molecule has 3 rings (SSSR count). The number of nitrogens with zero attached hydrogens (tertiary/aromatic N) is 2. The van der Waals surface area contributed by atoms with E-state index >= 15 is 0 Å². The zero-order valence-corrected chi connectivity index (χ0v) is 17.4. The molecule has 0 amide bonds. The fraction of sp³-hybridized carbons (Fsp3) is 0.167. The van der Waals surface area contributed by atoms with Gasteiger partial charge in [-0.25, -0.2) is 0 Å². The number of nitriles is 1. The molecule has 0 unspecified atom stereocenters. The van der Waals surface area contributed by atoms with Crippen LogP contribution >= 0.6 is 11.6 Å². The minimum absolute atomic E-state index is 0.292. The molecule has 0 saturated heterocycles. The van der Waals surface area contributed by atoms with Crippen molar-refractivity contribution in [3.8, 4) is 17.6 Å². The van der Waals surface area contributed by atoms with Gasteiger partial charge in [0.1, 0.15) is 6.61 Å². The Hall–Kier alpha value is -3.49. The van der Waals surface area contributed by atoms with Crippen LogP contribution in [0.2, 0.25) is 5.02 Å². The summed E-state index contributed by atoms with van der Waals surface area (Å²) in [5.74, 6) is 1.25. The summed E-state index contributed by atoms with van der Waals surface area (Å²) in [6, 6.07) is 22.8. The molecule has 1 N–H and O–H groups in total. The quantitative estimate of drug-likeness (QED) is 0.377. The second kappa shape index (κ2) is 10.9. The van der Waals surface area contributed by atoms with Crippen LogP contribution in [-0.4, -0.2) is 12.8 Å². The van der Waals surface area contributed by atoms with E-state index < -0.39 is 0 Å². The van der Waals surface area contributed by atoms with Crippen molar-refractivity contribution in [2.45, 2.75) is 20.1 Å². The monoisotopic (exact) mass is 419 g/mol. The number of ether oxygens (including phenoxy) is 2. The van der Waals surface area contributed by atoms with Crippen LogP contribution in [0.1, 0.15) is 29.2 Å². The van der Waals surface area contributed by atoms with Gasteiger partial charge in [0.05, 0.1) is 31.0 Å². The minimum Gasteiger partial charge on any atom is -0.490 e. The normalized spacial score (nSPS) is 10.6. The highest BCUT2D eigenvalue weighted by Crippen LogP contribution is 2.29. The number of hydrogen-bond acceptors (Lipinski definition) is 5. The van der Waals surface area contributed by atoms with Gasteiger partial charge in [0, 0.05) is 10.6 Å². The Labute approximate surface area is 181 Å². The second-order valence-electron chi connectivity index (χ2n) is 6.42. The molecule has 152 valence electrons. The van der Waals surface area contributed by atoms with Gasteiger partial charge in [0.25, 0.3) is 0 Å². The van der Waals surface area contributed by atoms with Crippen LogP contribution in [0.5, 0.6) is 11.5 Å². The number of hydrazone groups is 1. The summed E-state index contributed by atoms with van der Waals surface area (Å²) in [7, 11) is 0. The summed E-state index contributed by atoms with van der Waals surface area (Å²) < 4.78 is 11.6. The van der Waals surface area contributed by atoms with Gasteiger partial charge in [0.15, 0.2) is 11.5 Å². The molecule has 0 bridgehead atoms. The first-order chi connectivity index (χ1) is 14.7. The Bertz CT molecular complexity index is 1040. The highest BCUT2D eigenvalue weighted by Gasteiger charge is 2.08. The lowest BCUT2D eigenvalue weighted by atomic mass is 10.1. The average molecular weight is 420 g/mol. The molecule has 30 heavy (non-hydrogen) atoms. The fourth-order valence-corrected chi connectivity index (χ4v) is 2.89. The van der Waals surface area contributed by atoms with Gasteiger partial charge in [-0.2, -0.15) is 10.4 Å². The van der Waals surface area contributed by atoms with Crippen LogP contribution in [0.3, 0.4) is 0 Å². The van der Waals surface area contributed by atoms with E-state index in [-0.39, 0.29) is 0 Å². The van der Waals surface area contributed by atoms with Gasteiger partial charge in [-0.05, 0) is 54.4 Å². The van der Waals surface area contributed by atoms with Crippen molar-refractivity contribution in [2.24, 2.45) is 5.10 Å². The lowest BCUT2D eigenvalue weighted by Crippen LogP contribution is -2.05. The number of hydrogen-bond donors (Lipinski definition) is 1. The molecule has 0 aliphatic heterocycles. The Kier molecular flexibility index (Phi) is 7.71. The summed E-state index contributed by atoms with van der Waals surface area (Å²) in [6.07, 6.45) is 1.73. The molecule has 0 heterocycles. The van der Waals surface area contributed by atoms with Gasteiger partial charge in [0.2, 0.25) is 0 Å². The van der Waals surface area contributed by atoms with Crippen LogP contribution in [0.15, 0.2) is 71.8 Å². The summed E-state index contributed by atoms with van der Waals surface area (Å²) in [5.41, 5.74) is 6.43. The molecule has 5 nitrogen and oxygen atoms in total. The van der Waals surface area contributed by atoms with Gasteiger partial charge in [-0.15, -0.1) is 0 Å². The van der Waals surface area contributed by atoms with Crippen molar-refractivity contribution in [3.05, 3.63) is 94.0 Å². The van der Waals surface area contributed by atoms with Crippen LogP contribution in [-0.2, 0) is 13.2 Å².